The predicted molar refractivity (Wildman–Crippen MR) is 108 cm³/mol. The van der Waals surface area contributed by atoms with Gasteiger partial charge in [0.15, 0.2) is 0 Å². The summed E-state index contributed by atoms with van der Waals surface area (Å²) in [4.78, 5) is 2.28. The number of ether oxygens (including phenoxy) is 2. The zero-order chi connectivity index (χ0) is 19.7. The van der Waals surface area contributed by atoms with Gasteiger partial charge in [0.05, 0.1) is 19.3 Å². The van der Waals surface area contributed by atoms with Crippen molar-refractivity contribution in [3.05, 3.63) is 59.2 Å². The maximum atomic E-state index is 10.7. The molecule has 2 N–H and O–H groups in total. The number of methoxy groups -OCH3 is 1. The van der Waals surface area contributed by atoms with Gasteiger partial charge in [-0.05, 0) is 49.6 Å². The van der Waals surface area contributed by atoms with Crippen LogP contribution in [0.25, 0.3) is 0 Å². The summed E-state index contributed by atoms with van der Waals surface area (Å²) in [5.74, 6) is 1.61. The minimum Gasteiger partial charge on any atom is -0.497 e. The average molecular weight is 383 g/mol. The second kappa shape index (κ2) is 7.74. The lowest BCUT2D eigenvalue weighted by atomic mass is 9.81. The first-order chi connectivity index (χ1) is 13.5. The van der Waals surface area contributed by atoms with Crippen molar-refractivity contribution in [3.63, 3.8) is 0 Å². The van der Waals surface area contributed by atoms with Crippen LogP contribution in [0, 0.1) is 6.92 Å². The summed E-state index contributed by atoms with van der Waals surface area (Å²) in [5.41, 5.74) is 2.64. The second-order valence-electron chi connectivity index (χ2n) is 8.14. The summed E-state index contributed by atoms with van der Waals surface area (Å²) in [6.45, 7) is 4.33. The van der Waals surface area contributed by atoms with Gasteiger partial charge >= 0.3 is 0 Å². The standard InChI is InChI=1S/C23H29NO4/c1-16-3-8-22-19(13-16)20(25)14-23(28-22)9-11-24(12-10-23)15-21(26)17-4-6-18(27-2)7-5-17/h3-8,13,20-21,25-26H,9-12,14-15H2,1-2H3/t20-,21+/m1/s1. The van der Waals surface area contributed by atoms with E-state index in [1.807, 2.05) is 49.4 Å². The summed E-state index contributed by atoms with van der Waals surface area (Å²) in [7, 11) is 1.64. The molecular weight excluding hydrogens is 354 g/mol. The van der Waals surface area contributed by atoms with E-state index in [9.17, 15) is 10.2 Å². The number of benzene rings is 2. The van der Waals surface area contributed by atoms with E-state index >= 15 is 0 Å². The van der Waals surface area contributed by atoms with Gasteiger partial charge in [0.1, 0.15) is 17.1 Å². The van der Waals surface area contributed by atoms with E-state index in [0.29, 0.717) is 13.0 Å². The maximum Gasteiger partial charge on any atom is 0.125 e. The van der Waals surface area contributed by atoms with Gasteiger partial charge in [-0.3, -0.25) is 0 Å². The fraction of sp³-hybridized carbons (Fsp3) is 0.478. The third kappa shape index (κ3) is 3.88. The molecule has 0 aromatic heterocycles. The van der Waals surface area contributed by atoms with Crippen LogP contribution in [0.3, 0.4) is 0 Å². The molecule has 2 aromatic carbocycles. The van der Waals surface area contributed by atoms with Gasteiger partial charge in [-0.15, -0.1) is 0 Å². The highest BCUT2D eigenvalue weighted by molar-refractivity contribution is 5.41. The Balaban J connectivity index is 1.37. The van der Waals surface area contributed by atoms with E-state index in [1.54, 1.807) is 7.11 Å². The molecule has 1 fully saturated rings. The van der Waals surface area contributed by atoms with Gasteiger partial charge in [-0.1, -0.05) is 23.8 Å². The van der Waals surface area contributed by atoms with Crippen LogP contribution in [0.5, 0.6) is 11.5 Å². The van der Waals surface area contributed by atoms with E-state index in [0.717, 1.165) is 54.1 Å². The lowest BCUT2D eigenvalue weighted by molar-refractivity contribution is -0.0588. The van der Waals surface area contributed by atoms with Crippen LogP contribution in [0.15, 0.2) is 42.5 Å². The minimum absolute atomic E-state index is 0.302. The van der Waals surface area contributed by atoms with Crippen molar-refractivity contribution in [1.82, 2.24) is 4.90 Å². The van der Waals surface area contributed by atoms with E-state index in [1.165, 1.54) is 0 Å². The molecule has 0 radical (unpaired) electrons. The number of nitrogens with zero attached hydrogens (tertiary/aromatic N) is 1. The van der Waals surface area contributed by atoms with E-state index in [-0.39, 0.29) is 5.60 Å². The molecule has 2 heterocycles. The predicted octanol–water partition coefficient (Wildman–Crippen LogP) is 3.39. The molecule has 2 aliphatic heterocycles. The summed E-state index contributed by atoms with van der Waals surface area (Å²) >= 11 is 0. The van der Waals surface area contributed by atoms with Crippen LogP contribution in [0.2, 0.25) is 0 Å². The van der Waals surface area contributed by atoms with Crippen molar-refractivity contribution in [2.75, 3.05) is 26.7 Å². The molecule has 0 saturated carbocycles. The Morgan fingerprint density at radius 2 is 1.89 bits per heavy atom. The van der Waals surface area contributed by atoms with E-state index in [4.69, 9.17) is 9.47 Å². The van der Waals surface area contributed by atoms with Gasteiger partial charge in [0.2, 0.25) is 0 Å². The van der Waals surface area contributed by atoms with E-state index in [2.05, 4.69) is 4.90 Å². The van der Waals surface area contributed by atoms with Crippen molar-refractivity contribution in [2.45, 2.75) is 44.0 Å². The number of hydrogen-bond acceptors (Lipinski definition) is 5. The van der Waals surface area contributed by atoms with Crippen molar-refractivity contribution < 1.29 is 19.7 Å². The molecule has 5 nitrogen and oxygen atoms in total. The molecular formula is C23H29NO4. The SMILES string of the molecule is COc1ccc([C@@H](O)CN2CCC3(CC2)C[C@@H](O)c2cc(C)ccc2O3)cc1. The normalized spacial score (nSPS) is 22.4. The maximum absolute atomic E-state index is 10.7. The van der Waals surface area contributed by atoms with Gasteiger partial charge in [-0.25, -0.2) is 0 Å². The van der Waals surface area contributed by atoms with Crippen molar-refractivity contribution in [1.29, 1.82) is 0 Å². The number of piperidine rings is 1. The number of fused-ring (bicyclic) bond motifs is 1. The van der Waals surface area contributed by atoms with Crippen LogP contribution < -0.4 is 9.47 Å². The Kier molecular flexibility index (Phi) is 5.32. The summed E-state index contributed by atoms with van der Waals surface area (Å²) in [6, 6.07) is 13.6. The highest BCUT2D eigenvalue weighted by atomic mass is 16.5. The topological polar surface area (TPSA) is 62.2 Å². The summed E-state index contributed by atoms with van der Waals surface area (Å²) in [6.07, 6.45) is 1.35. The monoisotopic (exact) mass is 383 g/mol. The second-order valence-corrected chi connectivity index (χ2v) is 8.14. The van der Waals surface area contributed by atoms with Crippen LogP contribution in [-0.2, 0) is 0 Å². The average Bonchev–Trinajstić information content (AvgIpc) is 2.71. The van der Waals surface area contributed by atoms with Gasteiger partial charge < -0.3 is 24.6 Å². The van der Waals surface area contributed by atoms with Crippen LogP contribution >= 0.6 is 0 Å². The Morgan fingerprint density at radius 1 is 1.18 bits per heavy atom. The Bertz CT molecular complexity index is 812. The molecule has 28 heavy (non-hydrogen) atoms. The Labute approximate surface area is 166 Å². The molecule has 0 amide bonds. The zero-order valence-electron chi connectivity index (χ0n) is 16.6. The van der Waals surface area contributed by atoms with Gasteiger partial charge in [-0.2, -0.15) is 0 Å². The number of hydrogen-bond donors (Lipinski definition) is 2. The molecule has 4 rings (SSSR count). The number of likely N-dealkylation sites (tertiary alicyclic amines) is 1. The summed E-state index contributed by atoms with van der Waals surface area (Å²) < 4.78 is 11.6. The first-order valence-corrected chi connectivity index (χ1v) is 10.00. The highest BCUT2D eigenvalue weighted by Crippen LogP contribution is 2.44. The van der Waals surface area contributed by atoms with Crippen molar-refractivity contribution in [3.8, 4) is 11.5 Å². The minimum atomic E-state index is -0.526. The largest absolute Gasteiger partial charge is 0.497 e. The molecule has 0 bridgehead atoms. The first kappa shape index (κ1) is 19.2. The number of rotatable bonds is 4. The lowest BCUT2D eigenvalue weighted by Gasteiger charge is -2.46. The third-order valence-electron chi connectivity index (χ3n) is 6.12. The Hall–Kier alpha value is -2.08. The fourth-order valence-corrected chi connectivity index (χ4v) is 4.38. The van der Waals surface area contributed by atoms with Crippen molar-refractivity contribution in [2.24, 2.45) is 0 Å². The van der Waals surface area contributed by atoms with Gasteiger partial charge in [0, 0.05) is 31.6 Å². The third-order valence-corrected chi connectivity index (χ3v) is 6.12. The van der Waals surface area contributed by atoms with E-state index < -0.39 is 12.2 Å². The molecule has 1 saturated heterocycles. The smallest absolute Gasteiger partial charge is 0.125 e. The molecule has 0 aliphatic carbocycles. The fourth-order valence-electron chi connectivity index (χ4n) is 4.38. The molecule has 0 unspecified atom stereocenters. The quantitative estimate of drug-likeness (QED) is 0.847. The Morgan fingerprint density at radius 3 is 2.57 bits per heavy atom. The molecule has 2 aromatic rings. The molecule has 5 heteroatoms. The molecule has 1 spiro atoms. The summed E-state index contributed by atoms with van der Waals surface area (Å²) in [5, 5.41) is 21.2. The zero-order valence-corrected chi connectivity index (χ0v) is 16.6. The van der Waals surface area contributed by atoms with Crippen LogP contribution in [0.4, 0.5) is 0 Å². The number of aliphatic hydroxyl groups excluding tert-OH is 2. The van der Waals surface area contributed by atoms with Crippen molar-refractivity contribution >= 4 is 0 Å². The molecule has 2 aliphatic rings. The molecule has 2 atom stereocenters. The highest BCUT2D eigenvalue weighted by Gasteiger charge is 2.43. The molecule has 150 valence electrons. The number of β-amino-alcohol motifs (C(OH)–C–C–N with tert-alkyl or cyclic N) is 1. The van der Waals surface area contributed by atoms with Crippen LogP contribution in [0.1, 0.15) is 48.2 Å². The first-order valence-electron chi connectivity index (χ1n) is 10.00. The lowest BCUT2D eigenvalue weighted by Crippen LogP contribution is -2.51. The number of aliphatic hydroxyl groups is 2. The number of aryl methyl sites for hydroxylation is 1. The van der Waals surface area contributed by atoms with Crippen LogP contribution in [-0.4, -0.2) is 47.5 Å². The van der Waals surface area contributed by atoms with Gasteiger partial charge in [0.25, 0.3) is 0 Å².